The summed E-state index contributed by atoms with van der Waals surface area (Å²) < 4.78 is 1.18. The van der Waals surface area contributed by atoms with Gasteiger partial charge in [0.25, 0.3) is 5.56 Å². The van der Waals surface area contributed by atoms with E-state index in [0.29, 0.717) is 17.8 Å². The molecule has 0 radical (unpaired) electrons. The molecule has 1 unspecified atom stereocenters. The van der Waals surface area contributed by atoms with Gasteiger partial charge in [0, 0.05) is 36.2 Å². The van der Waals surface area contributed by atoms with Gasteiger partial charge in [-0.15, -0.1) is 0 Å². The number of primary amides is 1. The number of amides is 2. The van der Waals surface area contributed by atoms with E-state index >= 15 is 0 Å². The van der Waals surface area contributed by atoms with E-state index < -0.39 is 5.91 Å². The topological polar surface area (TPSA) is 110 Å². The van der Waals surface area contributed by atoms with Crippen LogP contribution in [0.3, 0.4) is 0 Å². The molecule has 0 saturated carbocycles. The summed E-state index contributed by atoms with van der Waals surface area (Å²) in [5, 5.41) is 7.15. The van der Waals surface area contributed by atoms with E-state index in [9.17, 15) is 14.4 Å². The molecule has 1 atom stereocenters. The molecule has 1 aliphatic heterocycles. The van der Waals surface area contributed by atoms with Crippen LogP contribution in [0.5, 0.6) is 0 Å². The average Bonchev–Trinajstić information content (AvgIpc) is 2.64. The number of rotatable bonds is 5. The molecular formula is C17H21N5O3S. The molecule has 1 aromatic rings. The zero-order chi connectivity index (χ0) is 18.5. The largest absolute Gasteiger partial charge is 0.366 e. The van der Waals surface area contributed by atoms with Gasteiger partial charge in [0.15, 0.2) is 0 Å². The number of nitrogens with one attached hydrogen (secondary N) is 1. The Hall–Kier alpha value is -2.55. The van der Waals surface area contributed by atoms with E-state index in [0.717, 1.165) is 24.6 Å². The monoisotopic (exact) mass is 375 g/mol. The predicted octanol–water partition coefficient (Wildman–Crippen LogP) is -0.347. The summed E-state index contributed by atoms with van der Waals surface area (Å²) in [5.74, 6) is 1.96. The number of aromatic nitrogens is 2. The van der Waals surface area contributed by atoms with E-state index in [4.69, 9.17) is 5.73 Å². The number of carbonyl (C=O) groups is 2. The molecule has 0 bridgehead atoms. The van der Waals surface area contributed by atoms with Crippen molar-refractivity contribution in [3.8, 4) is 0 Å². The molecule has 2 aliphatic rings. The third-order valence-electron chi connectivity index (χ3n) is 4.21. The van der Waals surface area contributed by atoms with Crippen molar-refractivity contribution in [2.24, 2.45) is 5.73 Å². The fraction of sp³-hybridized carbons (Fsp3) is 0.412. The smallest absolute Gasteiger partial charge is 0.267 e. The Labute approximate surface area is 155 Å². The van der Waals surface area contributed by atoms with Gasteiger partial charge in [-0.1, -0.05) is 18.2 Å². The van der Waals surface area contributed by atoms with Crippen LogP contribution in [-0.4, -0.2) is 52.2 Å². The fourth-order valence-corrected chi connectivity index (χ4v) is 3.71. The molecule has 8 nitrogen and oxygen atoms in total. The first kappa shape index (κ1) is 18.2. The first-order valence-electron chi connectivity index (χ1n) is 8.41. The van der Waals surface area contributed by atoms with Gasteiger partial charge in [-0.05, 0) is 12.5 Å². The molecule has 26 heavy (non-hydrogen) atoms. The SMILES string of the molecule is NC(=O)C1=CCC(NC(=O)Cn2nc(N3CCSCC3)ccc2=O)C=C1. The highest BCUT2D eigenvalue weighted by atomic mass is 32.2. The maximum atomic E-state index is 12.3. The van der Waals surface area contributed by atoms with Crippen LogP contribution in [0.2, 0.25) is 0 Å². The summed E-state index contributed by atoms with van der Waals surface area (Å²) in [6.45, 7) is 1.61. The van der Waals surface area contributed by atoms with Crippen molar-refractivity contribution in [1.82, 2.24) is 15.1 Å². The van der Waals surface area contributed by atoms with Gasteiger partial charge < -0.3 is 16.0 Å². The highest BCUT2D eigenvalue weighted by Gasteiger charge is 2.17. The van der Waals surface area contributed by atoms with E-state index in [2.05, 4.69) is 15.3 Å². The van der Waals surface area contributed by atoms with E-state index in [1.807, 2.05) is 11.8 Å². The van der Waals surface area contributed by atoms with Crippen molar-refractivity contribution in [3.63, 3.8) is 0 Å². The summed E-state index contributed by atoms with van der Waals surface area (Å²) in [6.07, 6.45) is 5.48. The number of anilines is 1. The number of thioether (sulfide) groups is 1. The Bertz CT molecular complexity index is 811. The van der Waals surface area contributed by atoms with Gasteiger partial charge in [-0.3, -0.25) is 14.4 Å². The number of hydrogen-bond donors (Lipinski definition) is 2. The van der Waals surface area contributed by atoms with Crippen molar-refractivity contribution in [1.29, 1.82) is 0 Å². The minimum absolute atomic E-state index is 0.147. The molecule has 1 aliphatic carbocycles. The van der Waals surface area contributed by atoms with Gasteiger partial charge in [0.2, 0.25) is 11.8 Å². The van der Waals surface area contributed by atoms with Crippen molar-refractivity contribution in [3.05, 3.63) is 46.3 Å². The van der Waals surface area contributed by atoms with Crippen molar-refractivity contribution in [2.75, 3.05) is 29.5 Å². The highest BCUT2D eigenvalue weighted by Crippen LogP contribution is 2.15. The molecular weight excluding hydrogens is 354 g/mol. The number of nitrogens with zero attached hydrogens (tertiary/aromatic N) is 3. The summed E-state index contributed by atoms with van der Waals surface area (Å²) >= 11 is 1.89. The second-order valence-corrected chi connectivity index (χ2v) is 7.30. The Kier molecular flexibility index (Phi) is 5.77. The standard InChI is InChI=1S/C17H21N5O3S/c18-17(25)12-1-3-13(4-2-12)19-15(23)11-22-16(24)6-5-14(20-22)21-7-9-26-10-8-21/h1-3,5-6,13H,4,7-11H2,(H2,18,25)(H,19,23). The van der Waals surface area contributed by atoms with E-state index in [-0.39, 0.29) is 24.1 Å². The van der Waals surface area contributed by atoms with Crippen LogP contribution in [0.15, 0.2) is 40.7 Å². The maximum absolute atomic E-state index is 12.3. The first-order chi connectivity index (χ1) is 12.5. The third kappa shape index (κ3) is 4.54. The summed E-state index contributed by atoms with van der Waals surface area (Å²) in [4.78, 5) is 37.5. The van der Waals surface area contributed by atoms with Crippen LogP contribution in [0.25, 0.3) is 0 Å². The minimum Gasteiger partial charge on any atom is -0.366 e. The lowest BCUT2D eigenvalue weighted by molar-refractivity contribution is -0.122. The number of nitrogens with two attached hydrogens (primary N) is 1. The van der Waals surface area contributed by atoms with Gasteiger partial charge in [-0.25, -0.2) is 4.68 Å². The quantitative estimate of drug-likeness (QED) is 0.728. The van der Waals surface area contributed by atoms with Crippen LogP contribution in [0.1, 0.15) is 6.42 Å². The first-order valence-corrected chi connectivity index (χ1v) is 9.57. The number of carbonyl (C=O) groups excluding carboxylic acids is 2. The molecule has 2 amide bonds. The molecule has 0 aromatic carbocycles. The zero-order valence-electron chi connectivity index (χ0n) is 14.3. The van der Waals surface area contributed by atoms with E-state index in [1.165, 1.54) is 10.7 Å². The summed E-state index contributed by atoms with van der Waals surface area (Å²) in [7, 11) is 0. The van der Waals surface area contributed by atoms with Gasteiger partial charge >= 0.3 is 0 Å². The van der Waals surface area contributed by atoms with Crippen molar-refractivity contribution in [2.45, 2.75) is 19.0 Å². The van der Waals surface area contributed by atoms with Gasteiger partial charge in [-0.2, -0.15) is 16.9 Å². The molecule has 1 saturated heterocycles. The second-order valence-electron chi connectivity index (χ2n) is 6.08. The predicted molar refractivity (Wildman–Crippen MR) is 101 cm³/mol. The Morgan fingerprint density at radius 2 is 2.08 bits per heavy atom. The van der Waals surface area contributed by atoms with Crippen LogP contribution in [-0.2, 0) is 16.1 Å². The molecule has 138 valence electrons. The molecule has 3 N–H and O–H groups in total. The Morgan fingerprint density at radius 3 is 2.73 bits per heavy atom. The van der Waals surface area contributed by atoms with Crippen molar-refractivity contribution >= 4 is 29.4 Å². The second kappa shape index (κ2) is 8.22. The van der Waals surface area contributed by atoms with Crippen molar-refractivity contribution < 1.29 is 9.59 Å². The molecule has 1 aromatic heterocycles. The number of hydrogen-bond acceptors (Lipinski definition) is 6. The maximum Gasteiger partial charge on any atom is 0.267 e. The molecule has 1 fully saturated rings. The Morgan fingerprint density at radius 1 is 1.31 bits per heavy atom. The molecule has 9 heteroatoms. The third-order valence-corrected chi connectivity index (χ3v) is 5.15. The minimum atomic E-state index is -0.491. The van der Waals surface area contributed by atoms with Crippen LogP contribution >= 0.6 is 11.8 Å². The van der Waals surface area contributed by atoms with Crippen LogP contribution < -0.4 is 21.5 Å². The summed E-state index contributed by atoms with van der Waals surface area (Å²) in [6, 6.07) is 2.91. The average molecular weight is 375 g/mol. The van der Waals surface area contributed by atoms with Gasteiger partial charge in [0.05, 0.1) is 6.04 Å². The fourth-order valence-electron chi connectivity index (χ4n) is 2.81. The lowest BCUT2D eigenvalue weighted by Gasteiger charge is -2.27. The summed E-state index contributed by atoms with van der Waals surface area (Å²) in [5.41, 5.74) is 5.33. The zero-order valence-corrected chi connectivity index (χ0v) is 15.1. The van der Waals surface area contributed by atoms with Crippen LogP contribution in [0, 0.1) is 0 Å². The normalized spacial score (nSPS) is 19.8. The highest BCUT2D eigenvalue weighted by molar-refractivity contribution is 7.99. The Balaban J connectivity index is 1.61. The van der Waals surface area contributed by atoms with Crippen LogP contribution in [0.4, 0.5) is 5.82 Å². The molecule has 3 rings (SSSR count). The van der Waals surface area contributed by atoms with E-state index in [1.54, 1.807) is 24.3 Å². The van der Waals surface area contributed by atoms with Gasteiger partial charge in [0.1, 0.15) is 12.4 Å². The lowest BCUT2D eigenvalue weighted by atomic mass is 10.0. The molecule has 2 heterocycles. The lowest BCUT2D eigenvalue weighted by Crippen LogP contribution is -2.40. The molecule has 0 spiro atoms.